The Morgan fingerprint density at radius 3 is 3.00 bits per heavy atom. The number of rotatable bonds is 1. The largest absolute Gasteiger partial charge is 0.326 e. The third-order valence-electron chi connectivity index (χ3n) is 1.61. The first-order chi connectivity index (χ1) is 7.34. The molecule has 0 radical (unpaired) electrons. The fourth-order valence-corrected chi connectivity index (χ4v) is 1.74. The van der Waals surface area contributed by atoms with Gasteiger partial charge in [-0.15, -0.1) is 0 Å². The first kappa shape index (κ1) is 9.91. The van der Waals surface area contributed by atoms with Crippen LogP contribution in [0.4, 0.5) is 10.6 Å². The molecule has 2 N–H and O–H groups in total. The molecule has 2 heterocycles. The van der Waals surface area contributed by atoms with Crippen molar-refractivity contribution < 1.29 is 4.79 Å². The second-order valence-corrected chi connectivity index (χ2v) is 3.79. The Labute approximate surface area is 90.6 Å². The lowest BCUT2D eigenvalue weighted by atomic mass is 10.6. The van der Waals surface area contributed by atoms with Crippen molar-refractivity contribution in [1.82, 2.24) is 15.3 Å². The van der Waals surface area contributed by atoms with Crippen LogP contribution in [0.2, 0.25) is 0 Å². The van der Waals surface area contributed by atoms with Gasteiger partial charge in [-0.1, -0.05) is 11.8 Å². The molecule has 0 bridgehead atoms. The average molecular weight is 223 g/mol. The maximum Gasteiger partial charge on any atom is 0.326 e. The van der Waals surface area contributed by atoms with E-state index >= 15 is 0 Å². The first-order valence-electron chi connectivity index (χ1n) is 4.36. The van der Waals surface area contributed by atoms with E-state index in [-0.39, 0.29) is 6.03 Å². The molecule has 1 aliphatic heterocycles. The zero-order chi connectivity index (χ0) is 10.5. The van der Waals surface area contributed by atoms with E-state index in [1.807, 2.05) is 0 Å². The van der Waals surface area contributed by atoms with Crippen molar-refractivity contribution in [3.63, 3.8) is 0 Å². The van der Waals surface area contributed by atoms with Crippen LogP contribution < -0.4 is 10.6 Å². The molecule has 78 valence electrons. The zero-order valence-corrected chi connectivity index (χ0v) is 8.62. The van der Waals surface area contributed by atoms with Gasteiger partial charge in [-0.2, -0.15) is 0 Å². The van der Waals surface area contributed by atoms with Crippen LogP contribution >= 0.6 is 11.8 Å². The number of amides is 2. The molecule has 0 saturated carbocycles. The Kier molecular flexibility index (Phi) is 3.13. The molecular weight excluding hydrogens is 214 g/mol. The Morgan fingerprint density at radius 2 is 2.33 bits per heavy atom. The number of hydrogen-bond donors (Lipinski definition) is 2. The van der Waals surface area contributed by atoms with Gasteiger partial charge in [0.15, 0.2) is 11.0 Å². The summed E-state index contributed by atoms with van der Waals surface area (Å²) in [7, 11) is 0. The van der Waals surface area contributed by atoms with E-state index in [4.69, 9.17) is 0 Å². The van der Waals surface area contributed by atoms with Gasteiger partial charge in [-0.05, 0) is 0 Å². The molecule has 1 aromatic rings. The number of anilines is 1. The zero-order valence-electron chi connectivity index (χ0n) is 7.80. The lowest BCUT2D eigenvalue weighted by Crippen LogP contribution is -2.32. The van der Waals surface area contributed by atoms with Gasteiger partial charge < -0.3 is 0 Å². The lowest BCUT2D eigenvalue weighted by molar-refractivity contribution is 0.256. The molecule has 0 aliphatic carbocycles. The molecule has 1 aliphatic rings. The average Bonchev–Trinajstić information content (AvgIpc) is 2.71. The van der Waals surface area contributed by atoms with Gasteiger partial charge in [-0.25, -0.2) is 9.78 Å². The van der Waals surface area contributed by atoms with Gasteiger partial charge >= 0.3 is 6.03 Å². The summed E-state index contributed by atoms with van der Waals surface area (Å²) in [4.78, 5) is 23.2. The van der Waals surface area contributed by atoms with E-state index < -0.39 is 0 Å². The van der Waals surface area contributed by atoms with Crippen molar-refractivity contribution in [1.29, 1.82) is 0 Å². The van der Waals surface area contributed by atoms with Crippen LogP contribution in [-0.2, 0) is 0 Å². The van der Waals surface area contributed by atoms with E-state index in [9.17, 15) is 4.79 Å². The van der Waals surface area contributed by atoms with Crippen molar-refractivity contribution in [3.8, 4) is 0 Å². The molecule has 0 unspecified atom stereocenters. The number of nitrogens with zero attached hydrogens (tertiary/aromatic N) is 3. The highest BCUT2D eigenvalue weighted by atomic mass is 32.2. The van der Waals surface area contributed by atoms with Gasteiger partial charge in [0.05, 0.1) is 12.7 Å². The predicted octanol–water partition coefficient (Wildman–Crippen LogP) is 0.701. The molecule has 0 fully saturated rings. The number of nitrogens with one attached hydrogen (secondary N) is 2. The molecule has 7 heteroatoms. The Bertz CT molecular complexity index is 380. The van der Waals surface area contributed by atoms with Gasteiger partial charge in [0.2, 0.25) is 0 Å². The summed E-state index contributed by atoms with van der Waals surface area (Å²) in [5.41, 5.74) is 0. The Hall–Kier alpha value is -1.63. The summed E-state index contributed by atoms with van der Waals surface area (Å²) in [6.45, 7) is 0.755. The molecule has 0 aromatic carbocycles. The number of hydrogen-bond acceptors (Lipinski definition) is 5. The fraction of sp³-hybridized carbons (Fsp3) is 0.250. The maximum atomic E-state index is 11.4. The fourth-order valence-electron chi connectivity index (χ4n) is 1.02. The minimum absolute atomic E-state index is 0.344. The molecular formula is C8H9N5OS. The van der Waals surface area contributed by atoms with Crippen LogP contribution in [0.25, 0.3) is 0 Å². The standard InChI is InChI=1S/C8H9N5OS/c14-7(13-8-11-3-4-15-8)12-6-5-9-1-2-10-6/h1-2,5H,3-4H2,(H2,10,11,12,13,14). The summed E-state index contributed by atoms with van der Waals surface area (Å²) < 4.78 is 0. The number of thioether (sulfide) groups is 1. The molecule has 1 aromatic heterocycles. The van der Waals surface area contributed by atoms with Crippen molar-refractivity contribution in [3.05, 3.63) is 18.6 Å². The summed E-state index contributed by atoms with van der Waals surface area (Å²) in [6, 6.07) is -0.344. The van der Waals surface area contributed by atoms with E-state index in [1.165, 1.54) is 24.2 Å². The minimum Gasteiger partial charge on any atom is -0.291 e. The highest BCUT2D eigenvalue weighted by molar-refractivity contribution is 8.14. The van der Waals surface area contributed by atoms with E-state index in [2.05, 4.69) is 25.6 Å². The summed E-state index contributed by atoms with van der Waals surface area (Å²) in [5, 5.41) is 5.82. The van der Waals surface area contributed by atoms with Crippen LogP contribution in [0.15, 0.2) is 23.6 Å². The molecule has 15 heavy (non-hydrogen) atoms. The summed E-state index contributed by atoms with van der Waals surface area (Å²) in [6.07, 6.45) is 4.53. The third-order valence-corrected chi connectivity index (χ3v) is 2.50. The smallest absolute Gasteiger partial charge is 0.291 e. The van der Waals surface area contributed by atoms with Gasteiger partial charge in [0, 0.05) is 18.1 Å². The van der Waals surface area contributed by atoms with Crippen LogP contribution in [0.3, 0.4) is 0 Å². The van der Waals surface area contributed by atoms with Crippen LogP contribution in [0.1, 0.15) is 0 Å². The molecule has 2 rings (SSSR count). The molecule has 6 nitrogen and oxygen atoms in total. The van der Waals surface area contributed by atoms with Crippen molar-refractivity contribution in [2.45, 2.75) is 0 Å². The van der Waals surface area contributed by atoms with Crippen LogP contribution in [0.5, 0.6) is 0 Å². The predicted molar refractivity (Wildman–Crippen MR) is 58.9 cm³/mol. The van der Waals surface area contributed by atoms with E-state index in [1.54, 1.807) is 6.20 Å². The normalized spacial score (nSPS) is 14.5. The number of urea groups is 1. The third kappa shape index (κ3) is 2.91. The molecule has 2 amide bonds. The van der Waals surface area contributed by atoms with Gasteiger partial charge in [0.1, 0.15) is 0 Å². The van der Waals surface area contributed by atoms with Crippen molar-refractivity contribution in [2.75, 3.05) is 17.6 Å². The number of aliphatic imine (C=N–C) groups is 1. The summed E-state index contributed by atoms with van der Waals surface area (Å²) >= 11 is 1.52. The monoisotopic (exact) mass is 223 g/mol. The second-order valence-electron chi connectivity index (χ2n) is 2.71. The first-order valence-corrected chi connectivity index (χ1v) is 5.34. The molecule has 0 saturated heterocycles. The lowest BCUT2D eigenvalue weighted by Gasteiger charge is -2.04. The van der Waals surface area contributed by atoms with Gasteiger partial charge in [0.25, 0.3) is 0 Å². The van der Waals surface area contributed by atoms with Gasteiger partial charge in [-0.3, -0.25) is 20.6 Å². The minimum atomic E-state index is -0.344. The number of carbonyl (C=O) groups is 1. The summed E-state index contributed by atoms with van der Waals surface area (Å²) in [5.74, 6) is 1.33. The number of aromatic nitrogens is 2. The SMILES string of the molecule is O=C(NC1=NCCS1)Nc1cnccn1. The Morgan fingerprint density at radius 1 is 1.40 bits per heavy atom. The van der Waals surface area contributed by atoms with Crippen molar-refractivity contribution in [2.24, 2.45) is 4.99 Å². The molecule has 0 atom stereocenters. The topological polar surface area (TPSA) is 79.3 Å². The second kappa shape index (κ2) is 4.74. The quantitative estimate of drug-likeness (QED) is 0.734. The van der Waals surface area contributed by atoms with Crippen molar-refractivity contribution >= 4 is 28.8 Å². The van der Waals surface area contributed by atoms with E-state index in [0.717, 1.165) is 12.3 Å². The van der Waals surface area contributed by atoms with Crippen LogP contribution in [0, 0.1) is 0 Å². The molecule has 0 spiro atoms. The number of carbonyl (C=O) groups excluding carboxylic acids is 1. The van der Waals surface area contributed by atoms with E-state index in [0.29, 0.717) is 11.0 Å². The maximum absolute atomic E-state index is 11.4. The number of amidine groups is 1. The highest BCUT2D eigenvalue weighted by Gasteiger charge is 2.10. The Balaban J connectivity index is 1.87. The van der Waals surface area contributed by atoms with Crippen LogP contribution in [-0.4, -0.2) is 33.5 Å². The highest BCUT2D eigenvalue weighted by Crippen LogP contribution is 2.08.